The lowest BCUT2D eigenvalue weighted by Gasteiger charge is -2.23. The predicted molar refractivity (Wildman–Crippen MR) is 124 cm³/mol. The zero-order chi connectivity index (χ0) is 23.3. The van der Waals surface area contributed by atoms with Crippen molar-refractivity contribution >= 4 is 38.9 Å². The summed E-state index contributed by atoms with van der Waals surface area (Å²) < 4.78 is 46.9. The van der Waals surface area contributed by atoms with Crippen molar-refractivity contribution in [2.45, 2.75) is 4.90 Å². The fourth-order valence-corrected chi connectivity index (χ4v) is 4.59. The van der Waals surface area contributed by atoms with Gasteiger partial charge in [-0.05, 0) is 54.6 Å². The van der Waals surface area contributed by atoms with E-state index in [2.05, 4.69) is 11.9 Å². The summed E-state index contributed by atoms with van der Waals surface area (Å²) in [6.07, 6.45) is 1.45. The predicted octanol–water partition coefficient (Wildman–Crippen LogP) is 5.12. The lowest BCUT2D eigenvalue weighted by molar-refractivity contribution is 0.102. The Morgan fingerprint density at radius 3 is 2.47 bits per heavy atom. The molecular formula is C23H20ClFN2O4S. The largest absolute Gasteiger partial charge is 0.497 e. The SMILES string of the molecule is C=CCN(c1ccc(OC)cc1)S(=O)(=O)c1ccc(Cl)c(C(=O)Nc2ccccc2F)c1. The van der Waals surface area contributed by atoms with Gasteiger partial charge in [-0.3, -0.25) is 9.10 Å². The molecule has 0 aliphatic rings. The van der Waals surface area contributed by atoms with Gasteiger partial charge in [0.25, 0.3) is 15.9 Å². The first kappa shape index (κ1) is 23.3. The van der Waals surface area contributed by atoms with Crippen molar-refractivity contribution in [3.63, 3.8) is 0 Å². The molecule has 3 aromatic rings. The number of hydrogen-bond acceptors (Lipinski definition) is 4. The number of hydrogen-bond donors (Lipinski definition) is 1. The van der Waals surface area contributed by atoms with Crippen LogP contribution < -0.4 is 14.4 Å². The molecule has 0 aromatic heterocycles. The van der Waals surface area contributed by atoms with Crippen LogP contribution in [-0.4, -0.2) is 28.0 Å². The number of anilines is 2. The normalized spacial score (nSPS) is 11.0. The number of carbonyl (C=O) groups is 1. The van der Waals surface area contributed by atoms with E-state index in [1.807, 2.05) is 0 Å². The van der Waals surface area contributed by atoms with Crippen LogP contribution in [0.1, 0.15) is 10.4 Å². The summed E-state index contributed by atoms with van der Waals surface area (Å²) in [5.41, 5.74) is 0.232. The Hall–Kier alpha value is -3.36. The molecule has 1 amide bonds. The van der Waals surface area contributed by atoms with Crippen molar-refractivity contribution in [3.05, 3.63) is 95.8 Å². The van der Waals surface area contributed by atoms with Gasteiger partial charge in [-0.1, -0.05) is 29.8 Å². The standard InChI is InChI=1S/C23H20ClFN2O4S/c1-3-14-27(16-8-10-17(31-2)11-9-16)32(29,30)18-12-13-20(24)19(15-18)23(28)26-22-7-5-4-6-21(22)25/h3-13,15H,1,14H2,2H3,(H,26,28). The second-order valence-corrected chi connectivity index (χ2v) is 8.87. The summed E-state index contributed by atoms with van der Waals surface area (Å²) in [5, 5.41) is 2.43. The highest BCUT2D eigenvalue weighted by Gasteiger charge is 2.26. The monoisotopic (exact) mass is 474 g/mol. The van der Waals surface area contributed by atoms with E-state index in [9.17, 15) is 17.6 Å². The quantitative estimate of drug-likeness (QED) is 0.460. The maximum atomic E-state index is 13.9. The minimum atomic E-state index is -4.08. The van der Waals surface area contributed by atoms with Crippen molar-refractivity contribution in [3.8, 4) is 5.75 Å². The molecule has 0 aliphatic carbocycles. The van der Waals surface area contributed by atoms with Gasteiger partial charge in [0.1, 0.15) is 11.6 Å². The van der Waals surface area contributed by atoms with Crippen LogP contribution in [0.2, 0.25) is 5.02 Å². The van der Waals surface area contributed by atoms with Crippen LogP contribution in [0.15, 0.2) is 84.3 Å². The van der Waals surface area contributed by atoms with Crippen LogP contribution in [-0.2, 0) is 10.0 Å². The number of rotatable bonds is 8. The summed E-state index contributed by atoms with van der Waals surface area (Å²) in [4.78, 5) is 12.5. The average Bonchev–Trinajstić information content (AvgIpc) is 2.79. The van der Waals surface area contributed by atoms with E-state index in [4.69, 9.17) is 16.3 Å². The molecule has 3 rings (SSSR count). The van der Waals surface area contributed by atoms with E-state index >= 15 is 0 Å². The highest BCUT2D eigenvalue weighted by atomic mass is 35.5. The first-order chi connectivity index (χ1) is 15.3. The van der Waals surface area contributed by atoms with Crippen molar-refractivity contribution in [1.82, 2.24) is 0 Å². The van der Waals surface area contributed by atoms with E-state index in [1.165, 1.54) is 43.5 Å². The molecular weight excluding hydrogens is 455 g/mol. The van der Waals surface area contributed by atoms with Crippen LogP contribution in [0.25, 0.3) is 0 Å². The Balaban J connectivity index is 1.98. The van der Waals surface area contributed by atoms with Gasteiger partial charge >= 0.3 is 0 Å². The molecule has 9 heteroatoms. The van der Waals surface area contributed by atoms with E-state index in [0.29, 0.717) is 11.4 Å². The third-order valence-electron chi connectivity index (χ3n) is 4.55. The Bertz CT molecular complexity index is 1250. The first-order valence-electron chi connectivity index (χ1n) is 9.41. The molecule has 0 aliphatic heterocycles. The molecule has 0 bridgehead atoms. The molecule has 0 fully saturated rings. The first-order valence-corrected chi connectivity index (χ1v) is 11.2. The smallest absolute Gasteiger partial charge is 0.264 e. The molecule has 3 aromatic carbocycles. The van der Waals surface area contributed by atoms with Crippen molar-refractivity contribution in [2.24, 2.45) is 0 Å². The highest BCUT2D eigenvalue weighted by Crippen LogP contribution is 2.28. The average molecular weight is 475 g/mol. The molecule has 0 radical (unpaired) electrons. The van der Waals surface area contributed by atoms with Crippen LogP contribution in [0.4, 0.5) is 15.8 Å². The number of amides is 1. The van der Waals surface area contributed by atoms with Crippen molar-refractivity contribution in [2.75, 3.05) is 23.3 Å². The fraction of sp³-hybridized carbons (Fsp3) is 0.0870. The van der Waals surface area contributed by atoms with Gasteiger partial charge in [0.05, 0.1) is 40.5 Å². The van der Waals surface area contributed by atoms with Crippen LogP contribution in [0.5, 0.6) is 5.75 Å². The number of benzene rings is 3. The second-order valence-electron chi connectivity index (χ2n) is 6.60. The van der Waals surface area contributed by atoms with Gasteiger partial charge in [0, 0.05) is 0 Å². The summed E-state index contributed by atoms with van der Waals surface area (Å²) in [6.45, 7) is 3.62. The van der Waals surface area contributed by atoms with Crippen molar-refractivity contribution in [1.29, 1.82) is 0 Å². The zero-order valence-electron chi connectivity index (χ0n) is 17.1. The van der Waals surface area contributed by atoms with Gasteiger partial charge < -0.3 is 10.1 Å². The van der Waals surface area contributed by atoms with E-state index in [-0.39, 0.29) is 27.7 Å². The van der Waals surface area contributed by atoms with Gasteiger partial charge in [-0.15, -0.1) is 6.58 Å². The lowest BCUT2D eigenvalue weighted by atomic mass is 10.2. The summed E-state index contributed by atoms with van der Waals surface area (Å²) in [6, 6.07) is 15.9. The molecule has 0 unspecified atom stereocenters. The Kier molecular flexibility index (Phi) is 7.17. The number of sulfonamides is 1. The third kappa shape index (κ3) is 4.92. The van der Waals surface area contributed by atoms with Crippen molar-refractivity contribution < 1.29 is 22.3 Å². The van der Waals surface area contributed by atoms with Gasteiger partial charge in [0.2, 0.25) is 0 Å². The number of nitrogens with zero attached hydrogens (tertiary/aromatic N) is 1. The lowest BCUT2D eigenvalue weighted by Crippen LogP contribution is -2.31. The summed E-state index contributed by atoms with van der Waals surface area (Å²) >= 11 is 6.15. The maximum absolute atomic E-state index is 13.9. The highest BCUT2D eigenvalue weighted by molar-refractivity contribution is 7.92. The Labute approximate surface area is 190 Å². The third-order valence-corrected chi connectivity index (χ3v) is 6.67. The molecule has 32 heavy (non-hydrogen) atoms. The van der Waals surface area contributed by atoms with E-state index < -0.39 is 21.7 Å². The molecule has 0 spiro atoms. The molecule has 1 N–H and O–H groups in total. The van der Waals surface area contributed by atoms with Gasteiger partial charge in [-0.25, -0.2) is 12.8 Å². The minimum absolute atomic E-state index is 0.00591. The van der Waals surface area contributed by atoms with E-state index in [0.717, 1.165) is 10.4 Å². The molecule has 0 atom stereocenters. The number of halogens is 2. The summed E-state index contributed by atoms with van der Waals surface area (Å²) in [5.74, 6) is -0.794. The number of carbonyl (C=O) groups excluding carboxylic acids is 1. The van der Waals surface area contributed by atoms with Gasteiger partial charge in [0.15, 0.2) is 0 Å². The molecule has 0 heterocycles. The summed E-state index contributed by atoms with van der Waals surface area (Å²) in [7, 11) is -2.57. The van der Waals surface area contributed by atoms with Crippen LogP contribution in [0.3, 0.4) is 0 Å². The van der Waals surface area contributed by atoms with Crippen LogP contribution >= 0.6 is 11.6 Å². The molecule has 0 saturated heterocycles. The van der Waals surface area contributed by atoms with Gasteiger partial charge in [-0.2, -0.15) is 0 Å². The number of methoxy groups -OCH3 is 1. The molecule has 0 saturated carbocycles. The zero-order valence-corrected chi connectivity index (χ0v) is 18.7. The number of ether oxygens (including phenoxy) is 1. The van der Waals surface area contributed by atoms with Crippen LogP contribution in [0, 0.1) is 5.82 Å². The Morgan fingerprint density at radius 1 is 1.16 bits per heavy atom. The maximum Gasteiger partial charge on any atom is 0.264 e. The minimum Gasteiger partial charge on any atom is -0.497 e. The topological polar surface area (TPSA) is 75.7 Å². The fourth-order valence-electron chi connectivity index (χ4n) is 2.93. The van der Waals surface area contributed by atoms with E-state index in [1.54, 1.807) is 30.3 Å². The molecule has 6 nitrogen and oxygen atoms in total. The molecule has 166 valence electrons. The number of nitrogens with one attached hydrogen (secondary N) is 1. The Morgan fingerprint density at radius 2 is 1.84 bits per heavy atom. The number of para-hydroxylation sites is 1. The second kappa shape index (κ2) is 9.84.